The minimum Gasteiger partial charge on any atom is -0.454 e. The van der Waals surface area contributed by atoms with Crippen LogP contribution in [0.5, 0.6) is 11.5 Å². The molecule has 0 radical (unpaired) electrons. The highest BCUT2D eigenvalue weighted by Crippen LogP contribution is 2.35. The molecule has 2 aromatic rings. The third-order valence-electron chi connectivity index (χ3n) is 6.09. The van der Waals surface area contributed by atoms with Crippen LogP contribution >= 0.6 is 11.3 Å². The predicted octanol–water partition coefficient (Wildman–Crippen LogP) is 3.65. The highest BCUT2D eigenvalue weighted by Gasteiger charge is 2.37. The van der Waals surface area contributed by atoms with E-state index in [0.29, 0.717) is 24.9 Å². The molecule has 0 bridgehead atoms. The average molecular weight is 444 g/mol. The molecular formula is C22H25N3O5S. The molecule has 1 amide bonds. The molecule has 31 heavy (non-hydrogen) atoms. The zero-order valence-electron chi connectivity index (χ0n) is 17.2. The summed E-state index contributed by atoms with van der Waals surface area (Å²) in [6.45, 7) is 4.07. The van der Waals surface area contributed by atoms with Crippen LogP contribution in [-0.2, 0) is 17.9 Å². The van der Waals surface area contributed by atoms with Gasteiger partial charge in [-0.15, -0.1) is 0 Å². The van der Waals surface area contributed by atoms with E-state index in [9.17, 15) is 14.9 Å². The van der Waals surface area contributed by atoms with Crippen molar-refractivity contribution in [2.24, 2.45) is 11.8 Å². The first-order valence-electron chi connectivity index (χ1n) is 10.7. The van der Waals surface area contributed by atoms with Gasteiger partial charge in [0.15, 0.2) is 11.5 Å². The van der Waals surface area contributed by atoms with E-state index in [1.54, 1.807) is 6.07 Å². The van der Waals surface area contributed by atoms with Crippen molar-refractivity contribution in [1.82, 2.24) is 9.80 Å². The van der Waals surface area contributed by atoms with Gasteiger partial charge in [-0.1, -0.05) is 17.4 Å². The average Bonchev–Trinajstić information content (AvgIpc) is 3.13. The Morgan fingerprint density at radius 1 is 1.16 bits per heavy atom. The second-order valence-corrected chi connectivity index (χ2v) is 9.71. The number of carbonyl (C=O) groups is 1. The number of carbonyl (C=O) groups excluding carboxylic acids is 1. The summed E-state index contributed by atoms with van der Waals surface area (Å²) < 4.78 is 10.9. The third-order valence-corrected chi connectivity index (χ3v) is 7.11. The van der Waals surface area contributed by atoms with Gasteiger partial charge in [0.1, 0.15) is 0 Å². The summed E-state index contributed by atoms with van der Waals surface area (Å²) in [5.74, 6) is 2.50. The summed E-state index contributed by atoms with van der Waals surface area (Å²) in [6, 6.07) is 9.38. The lowest BCUT2D eigenvalue weighted by Crippen LogP contribution is -2.33. The number of benzene rings is 1. The number of nitro groups is 1. The molecule has 1 unspecified atom stereocenters. The van der Waals surface area contributed by atoms with Gasteiger partial charge in [-0.05, 0) is 48.9 Å². The van der Waals surface area contributed by atoms with Crippen molar-refractivity contribution in [3.8, 4) is 11.5 Å². The van der Waals surface area contributed by atoms with Crippen LogP contribution in [0.15, 0.2) is 30.3 Å². The minimum absolute atomic E-state index is 0.167. The highest BCUT2D eigenvalue weighted by atomic mass is 32.1. The molecule has 2 fully saturated rings. The van der Waals surface area contributed by atoms with Crippen LogP contribution in [0.1, 0.15) is 29.7 Å². The van der Waals surface area contributed by atoms with Gasteiger partial charge in [0.25, 0.3) is 0 Å². The molecule has 1 aliphatic carbocycles. The van der Waals surface area contributed by atoms with Gasteiger partial charge in [-0.3, -0.25) is 19.8 Å². The number of thiophene rings is 1. The first kappa shape index (κ1) is 20.3. The van der Waals surface area contributed by atoms with Crippen LogP contribution < -0.4 is 9.47 Å². The number of fused-ring (bicyclic) bond motifs is 1. The van der Waals surface area contributed by atoms with E-state index < -0.39 is 0 Å². The summed E-state index contributed by atoms with van der Waals surface area (Å²) in [5, 5.41) is 11.2. The van der Waals surface area contributed by atoms with Gasteiger partial charge in [0.2, 0.25) is 12.7 Å². The van der Waals surface area contributed by atoms with E-state index in [2.05, 4.69) is 4.90 Å². The van der Waals surface area contributed by atoms with Gasteiger partial charge < -0.3 is 14.4 Å². The molecule has 5 rings (SSSR count). The number of rotatable bonds is 8. The van der Waals surface area contributed by atoms with E-state index in [-0.39, 0.29) is 22.6 Å². The van der Waals surface area contributed by atoms with Crippen LogP contribution in [0.2, 0.25) is 0 Å². The van der Waals surface area contributed by atoms with Crippen molar-refractivity contribution in [3.63, 3.8) is 0 Å². The smallest absolute Gasteiger partial charge is 0.324 e. The Balaban J connectivity index is 1.28. The Morgan fingerprint density at radius 2 is 2.00 bits per heavy atom. The fraction of sp³-hybridized carbons (Fsp3) is 0.500. The summed E-state index contributed by atoms with van der Waals surface area (Å²) in [7, 11) is 0. The largest absolute Gasteiger partial charge is 0.454 e. The maximum absolute atomic E-state index is 12.4. The van der Waals surface area contributed by atoms with Crippen LogP contribution in [0.25, 0.3) is 0 Å². The van der Waals surface area contributed by atoms with E-state index >= 15 is 0 Å². The van der Waals surface area contributed by atoms with Gasteiger partial charge in [-0.25, -0.2) is 0 Å². The molecule has 3 aliphatic rings. The normalized spacial score (nSPS) is 19.9. The van der Waals surface area contributed by atoms with Crippen LogP contribution in [-0.4, -0.2) is 47.1 Å². The van der Waals surface area contributed by atoms with Crippen LogP contribution in [0, 0.1) is 22.0 Å². The number of amides is 1. The van der Waals surface area contributed by atoms with Crippen LogP contribution in [0.4, 0.5) is 5.00 Å². The van der Waals surface area contributed by atoms with Crippen molar-refractivity contribution in [1.29, 1.82) is 0 Å². The predicted molar refractivity (Wildman–Crippen MR) is 115 cm³/mol. The molecule has 164 valence electrons. The Kier molecular flexibility index (Phi) is 5.54. The molecule has 1 saturated heterocycles. The summed E-state index contributed by atoms with van der Waals surface area (Å²) in [5.41, 5.74) is 1.11. The third kappa shape index (κ3) is 4.67. The molecular weight excluding hydrogens is 418 g/mol. The van der Waals surface area contributed by atoms with Crippen molar-refractivity contribution in [2.75, 3.05) is 26.4 Å². The Labute approximate surface area is 184 Å². The fourth-order valence-corrected chi connectivity index (χ4v) is 5.25. The molecule has 1 atom stereocenters. The lowest BCUT2D eigenvalue weighted by Gasteiger charge is -2.25. The van der Waals surface area contributed by atoms with E-state index in [1.807, 2.05) is 29.2 Å². The second-order valence-electron chi connectivity index (χ2n) is 8.57. The first-order chi connectivity index (χ1) is 15.0. The summed E-state index contributed by atoms with van der Waals surface area (Å²) in [6.07, 6.45) is 3.07. The molecule has 1 aromatic carbocycles. The van der Waals surface area contributed by atoms with E-state index in [0.717, 1.165) is 60.8 Å². The second kappa shape index (κ2) is 8.47. The number of hydrogen-bond acceptors (Lipinski definition) is 7. The zero-order valence-corrected chi connectivity index (χ0v) is 18.0. The number of ether oxygens (including phenoxy) is 2. The lowest BCUT2D eigenvalue weighted by molar-refractivity contribution is -0.380. The molecule has 8 nitrogen and oxygen atoms in total. The monoisotopic (exact) mass is 443 g/mol. The Bertz CT molecular complexity index is 989. The molecule has 1 aromatic heterocycles. The topological polar surface area (TPSA) is 85.2 Å². The SMILES string of the molecule is O=C(C1CC1)N1CCC(CN(Cc2ccc3c(c2)OCO3)Cc2ccc([N+](=O)[O-])s2)C1. The van der Waals surface area contributed by atoms with Crippen molar-refractivity contribution in [3.05, 3.63) is 50.9 Å². The number of hydrogen-bond donors (Lipinski definition) is 0. The minimum atomic E-state index is -0.339. The van der Waals surface area contributed by atoms with Crippen molar-refractivity contribution >= 4 is 22.2 Å². The van der Waals surface area contributed by atoms with E-state index in [1.165, 1.54) is 11.3 Å². The van der Waals surface area contributed by atoms with Gasteiger partial charge in [-0.2, -0.15) is 0 Å². The Morgan fingerprint density at radius 3 is 2.77 bits per heavy atom. The van der Waals surface area contributed by atoms with Gasteiger partial charge >= 0.3 is 5.00 Å². The van der Waals surface area contributed by atoms with E-state index in [4.69, 9.17) is 9.47 Å². The lowest BCUT2D eigenvalue weighted by atomic mass is 10.1. The molecule has 2 aliphatic heterocycles. The van der Waals surface area contributed by atoms with Crippen molar-refractivity contribution < 1.29 is 19.2 Å². The molecule has 3 heterocycles. The molecule has 0 N–H and O–H groups in total. The molecule has 0 spiro atoms. The summed E-state index contributed by atoms with van der Waals surface area (Å²) in [4.78, 5) is 28.5. The molecule has 1 saturated carbocycles. The zero-order chi connectivity index (χ0) is 21.4. The Hall–Kier alpha value is -2.65. The fourth-order valence-electron chi connectivity index (χ4n) is 4.39. The maximum Gasteiger partial charge on any atom is 0.324 e. The molecule has 9 heteroatoms. The quantitative estimate of drug-likeness (QED) is 0.457. The number of likely N-dealkylation sites (tertiary alicyclic amines) is 1. The maximum atomic E-state index is 12.4. The highest BCUT2D eigenvalue weighted by molar-refractivity contribution is 7.15. The van der Waals surface area contributed by atoms with Crippen LogP contribution in [0.3, 0.4) is 0 Å². The summed E-state index contributed by atoms with van der Waals surface area (Å²) >= 11 is 1.23. The van der Waals surface area contributed by atoms with Crippen molar-refractivity contribution in [2.45, 2.75) is 32.4 Å². The van der Waals surface area contributed by atoms with Gasteiger partial charge in [0.05, 0.1) is 4.92 Å². The number of nitrogens with zero attached hydrogens (tertiary/aromatic N) is 3. The first-order valence-corrected chi connectivity index (χ1v) is 11.5. The standard InChI is InChI=1S/C22H25N3O5S/c26-22(17-2-3-17)24-8-7-16(12-24)11-23(13-18-4-6-21(31-18)25(27)28)10-15-1-5-19-20(9-15)30-14-29-19/h1,4-6,9,16-17H,2-3,7-8,10-14H2. The van der Waals surface area contributed by atoms with Gasteiger partial charge in [0, 0.05) is 49.6 Å².